The van der Waals surface area contributed by atoms with Gasteiger partial charge >= 0.3 is 6.16 Å². The maximum absolute atomic E-state index is 11.7. The molecule has 0 amide bonds. The molecule has 0 fully saturated rings. The lowest BCUT2D eigenvalue weighted by Crippen LogP contribution is -2.26. The zero-order valence-corrected chi connectivity index (χ0v) is 17.7. The van der Waals surface area contributed by atoms with Crippen molar-refractivity contribution in [3.8, 4) is 0 Å². The van der Waals surface area contributed by atoms with E-state index < -0.39 is 11.8 Å². The van der Waals surface area contributed by atoms with Crippen LogP contribution in [0.4, 0.5) is 4.79 Å². The van der Waals surface area contributed by atoms with Crippen molar-refractivity contribution in [3.63, 3.8) is 0 Å². The van der Waals surface area contributed by atoms with Gasteiger partial charge in [-0.25, -0.2) is 4.79 Å². The fourth-order valence-electron chi connectivity index (χ4n) is 2.56. The Morgan fingerprint density at radius 2 is 1.42 bits per heavy atom. The van der Waals surface area contributed by atoms with E-state index in [4.69, 9.17) is 9.47 Å². The first-order valence-electron chi connectivity index (χ1n) is 8.77. The monoisotopic (exact) mass is 338 g/mol. The highest BCUT2D eigenvalue weighted by atomic mass is 16.7. The minimum atomic E-state index is -0.663. The summed E-state index contributed by atoms with van der Waals surface area (Å²) in [6.45, 7) is 23.0. The van der Waals surface area contributed by atoms with Crippen LogP contribution in [-0.2, 0) is 9.47 Å². The van der Waals surface area contributed by atoms with Crippen LogP contribution in [-0.4, -0.2) is 11.8 Å². The molecule has 0 saturated heterocycles. The molecule has 0 saturated carbocycles. The smallest absolute Gasteiger partial charge is 0.428 e. The van der Waals surface area contributed by atoms with E-state index in [0.717, 1.165) is 6.42 Å². The molecule has 0 heterocycles. The van der Waals surface area contributed by atoms with Crippen molar-refractivity contribution in [2.24, 2.45) is 16.7 Å². The molecular weight excluding hydrogens is 300 g/mol. The third-order valence-corrected chi connectivity index (χ3v) is 3.63. The predicted octanol–water partition coefficient (Wildman–Crippen LogP) is 6.89. The van der Waals surface area contributed by atoms with Crippen molar-refractivity contribution in [2.45, 2.75) is 88.2 Å². The summed E-state index contributed by atoms with van der Waals surface area (Å²) in [5, 5.41) is 0. The van der Waals surface area contributed by atoms with Crippen molar-refractivity contribution in [2.75, 3.05) is 0 Å². The zero-order valence-electron chi connectivity index (χ0n) is 17.7. The third kappa shape index (κ3) is 10.5. The van der Waals surface area contributed by atoms with E-state index in [0.29, 0.717) is 11.7 Å². The van der Waals surface area contributed by atoms with Gasteiger partial charge in [-0.3, -0.25) is 0 Å². The van der Waals surface area contributed by atoms with E-state index >= 15 is 0 Å². The Hall–Kier alpha value is -1.25. The molecule has 0 aromatic heterocycles. The average molecular weight is 339 g/mol. The Bertz CT molecular complexity index is 477. The SMILES string of the molecule is C/C(=C\C=C(/C)C(CC(C)(C)C)C(C)(C)C)OC(=O)OC(C)(C)C. The summed E-state index contributed by atoms with van der Waals surface area (Å²) >= 11 is 0. The quantitative estimate of drug-likeness (QED) is 0.318. The lowest BCUT2D eigenvalue weighted by atomic mass is 9.69. The van der Waals surface area contributed by atoms with Gasteiger partial charge < -0.3 is 9.47 Å². The fraction of sp³-hybridized carbons (Fsp3) is 0.762. The Kier molecular flexibility index (Phi) is 7.79. The highest BCUT2D eigenvalue weighted by Crippen LogP contribution is 2.40. The van der Waals surface area contributed by atoms with Gasteiger partial charge in [0.1, 0.15) is 11.4 Å². The van der Waals surface area contributed by atoms with Crippen LogP contribution in [0.25, 0.3) is 0 Å². The molecule has 0 spiro atoms. The molecule has 1 unspecified atom stereocenters. The van der Waals surface area contributed by atoms with E-state index in [-0.39, 0.29) is 10.8 Å². The van der Waals surface area contributed by atoms with E-state index in [9.17, 15) is 4.79 Å². The van der Waals surface area contributed by atoms with E-state index in [1.807, 2.05) is 26.8 Å². The Balaban J connectivity index is 5.10. The summed E-state index contributed by atoms with van der Waals surface area (Å²) in [6, 6.07) is 0. The van der Waals surface area contributed by atoms with Crippen LogP contribution in [0.3, 0.4) is 0 Å². The first kappa shape index (κ1) is 22.8. The van der Waals surface area contributed by atoms with Crippen molar-refractivity contribution >= 4 is 6.16 Å². The molecule has 0 radical (unpaired) electrons. The predicted molar refractivity (Wildman–Crippen MR) is 102 cm³/mol. The molecule has 0 bridgehead atoms. The molecule has 1 atom stereocenters. The second kappa shape index (κ2) is 8.22. The number of hydrogen-bond acceptors (Lipinski definition) is 3. The zero-order chi connectivity index (χ0) is 19.3. The first-order chi connectivity index (χ1) is 10.5. The molecule has 3 heteroatoms. The van der Waals surface area contributed by atoms with Crippen LogP contribution in [0.2, 0.25) is 0 Å². The van der Waals surface area contributed by atoms with Gasteiger partial charge in [-0.05, 0) is 63.9 Å². The van der Waals surface area contributed by atoms with Gasteiger partial charge in [-0.1, -0.05) is 53.2 Å². The molecule has 0 aromatic rings. The number of carbonyl (C=O) groups excluding carboxylic acids is 1. The minimum Gasteiger partial charge on any atom is -0.428 e. The molecule has 0 aliphatic carbocycles. The van der Waals surface area contributed by atoms with Crippen molar-refractivity contribution in [3.05, 3.63) is 23.5 Å². The summed E-state index contributed by atoms with van der Waals surface area (Å²) in [4.78, 5) is 11.7. The highest BCUT2D eigenvalue weighted by Gasteiger charge is 2.29. The second-order valence-corrected chi connectivity index (χ2v) is 9.94. The Morgan fingerprint density at radius 1 is 0.917 bits per heavy atom. The van der Waals surface area contributed by atoms with Crippen molar-refractivity contribution < 1.29 is 14.3 Å². The summed E-state index contributed by atoms with van der Waals surface area (Å²) in [6.07, 6.45) is 4.35. The molecule has 0 aliphatic rings. The van der Waals surface area contributed by atoms with Crippen LogP contribution in [0.5, 0.6) is 0 Å². The van der Waals surface area contributed by atoms with E-state index in [2.05, 4.69) is 54.5 Å². The van der Waals surface area contributed by atoms with Crippen molar-refractivity contribution in [1.82, 2.24) is 0 Å². The van der Waals surface area contributed by atoms with Crippen molar-refractivity contribution in [1.29, 1.82) is 0 Å². The van der Waals surface area contributed by atoms with Crippen LogP contribution in [0.1, 0.15) is 82.6 Å². The summed E-state index contributed by atoms with van der Waals surface area (Å²) < 4.78 is 10.4. The number of rotatable bonds is 4. The first-order valence-corrected chi connectivity index (χ1v) is 8.77. The normalized spacial score (nSPS) is 16.0. The summed E-state index contributed by atoms with van der Waals surface area (Å²) in [5.41, 5.74) is 1.19. The van der Waals surface area contributed by atoms with Gasteiger partial charge in [0.25, 0.3) is 0 Å². The third-order valence-electron chi connectivity index (χ3n) is 3.63. The molecular formula is C21H38O3. The fourth-order valence-corrected chi connectivity index (χ4v) is 2.56. The molecule has 3 nitrogen and oxygen atoms in total. The number of ether oxygens (including phenoxy) is 2. The number of allylic oxidation sites excluding steroid dienone is 4. The van der Waals surface area contributed by atoms with Crippen LogP contribution in [0, 0.1) is 16.7 Å². The summed E-state index contributed by atoms with van der Waals surface area (Å²) in [5.74, 6) is 0.995. The Labute approximate surface area is 149 Å². The molecule has 140 valence electrons. The van der Waals surface area contributed by atoms with Gasteiger partial charge in [0.2, 0.25) is 0 Å². The summed E-state index contributed by atoms with van der Waals surface area (Å²) in [7, 11) is 0. The molecule has 0 aromatic carbocycles. The molecule has 0 N–H and O–H groups in total. The largest absolute Gasteiger partial charge is 0.514 e. The number of carbonyl (C=O) groups is 1. The van der Waals surface area contributed by atoms with Gasteiger partial charge in [0.15, 0.2) is 0 Å². The van der Waals surface area contributed by atoms with Gasteiger partial charge in [0, 0.05) is 0 Å². The Morgan fingerprint density at radius 3 is 1.79 bits per heavy atom. The van der Waals surface area contributed by atoms with Crippen LogP contribution < -0.4 is 0 Å². The standard InChI is InChI=1S/C21H38O3/c1-15(17(20(6,7)8)14-19(3,4)5)12-13-16(2)23-18(22)24-21(9,10)11/h12-13,17H,14H2,1-11H3/b15-12+,16-13+. The van der Waals surface area contributed by atoms with Gasteiger partial charge in [-0.15, -0.1) is 0 Å². The maximum atomic E-state index is 11.7. The van der Waals surface area contributed by atoms with Gasteiger partial charge in [0.05, 0.1) is 0 Å². The van der Waals surface area contributed by atoms with Crippen LogP contribution >= 0.6 is 0 Å². The maximum Gasteiger partial charge on any atom is 0.514 e. The molecule has 24 heavy (non-hydrogen) atoms. The van der Waals surface area contributed by atoms with E-state index in [1.165, 1.54) is 5.57 Å². The lowest BCUT2D eigenvalue weighted by Gasteiger charge is -2.36. The molecule has 0 rings (SSSR count). The minimum absolute atomic E-state index is 0.182. The van der Waals surface area contributed by atoms with Gasteiger partial charge in [-0.2, -0.15) is 0 Å². The lowest BCUT2D eigenvalue weighted by molar-refractivity contribution is 0.00663. The van der Waals surface area contributed by atoms with E-state index in [1.54, 1.807) is 6.92 Å². The molecule has 0 aliphatic heterocycles. The van der Waals surface area contributed by atoms with Crippen LogP contribution in [0.15, 0.2) is 23.5 Å². The number of hydrogen-bond donors (Lipinski definition) is 0. The topological polar surface area (TPSA) is 35.5 Å². The second-order valence-electron chi connectivity index (χ2n) is 9.94. The highest BCUT2D eigenvalue weighted by molar-refractivity contribution is 5.62. The average Bonchev–Trinajstić information content (AvgIpc) is 2.28.